The van der Waals surface area contributed by atoms with Crippen LogP contribution < -0.4 is 5.32 Å². The van der Waals surface area contributed by atoms with Crippen LogP contribution in [0.4, 0.5) is 0 Å². The zero-order valence-corrected chi connectivity index (χ0v) is 13.9. The molecule has 3 aromatic carbocycles. The van der Waals surface area contributed by atoms with Crippen LogP contribution in [0.25, 0.3) is 0 Å². The van der Waals surface area contributed by atoms with E-state index in [9.17, 15) is 0 Å². The van der Waals surface area contributed by atoms with Gasteiger partial charge in [-0.3, -0.25) is 0 Å². The van der Waals surface area contributed by atoms with Crippen LogP contribution in [-0.2, 0) is 6.42 Å². The fourth-order valence-corrected chi connectivity index (χ4v) is 3.87. The van der Waals surface area contributed by atoms with Gasteiger partial charge in [-0.25, -0.2) is 0 Å². The van der Waals surface area contributed by atoms with Crippen LogP contribution >= 0.6 is 0 Å². The molecule has 1 aliphatic rings. The molecule has 0 aliphatic carbocycles. The smallest absolute Gasteiger partial charge is 0.0332 e. The summed E-state index contributed by atoms with van der Waals surface area (Å²) in [5.41, 5.74) is 5.77. The van der Waals surface area contributed by atoms with E-state index in [0.717, 1.165) is 19.4 Å². The molecule has 0 saturated heterocycles. The van der Waals surface area contributed by atoms with Crippen LogP contribution in [0.15, 0.2) is 84.9 Å². The average Bonchev–Trinajstić information content (AvgIpc) is 2.67. The maximum atomic E-state index is 3.75. The predicted molar refractivity (Wildman–Crippen MR) is 100 cm³/mol. The molecule has 0 spiro atoms. The molecule has 0 bridgehead atoms. The van der Waals surface area contributed by atoms with Gasteiger partial charge in [-0.1, -0.05) is 84.9 Å². The third-order valence-corrected chi connectivity index (χ3v) is 5.09. The minimum atomic E-state index is 0.413. The van der Waals surface area contributed by atoms with E-state index in [0.29, 0.717) is 12.0 Å². The topological polar surface area (TPSA) is 12.0 Å². The van der Waals surface area contributed by atoms with Crippen molar-refractivity contribution in [2.45, 2.75) is 24.8 Å². The first-order chi connectivity index (χ1) is 11.9. The Hall–Kier alpha value is -2.38. The molecule has 24 heavy (non-hydrogen) atoms. The number of hydrogen-bond acceptors (Lipinski definition) is 1. The minimum absolute atomic E-state index is 0.413. The lowest BCUT2D eigenvalue weighted by molar-refractivity contribution is 0.455. The molecule has 0 aromatic heterocycles. The highest BCUT2D eigenvalue weighted by molar-refractivity contribution is 5.36. The Kier molecular flexibility index (Phi) is 4.44. The second-order valence-corrected chi connectivity index (χ2v) is 6.57. The summed E-state index contributed by atoms with van der Waals surface area (Å²) < 4.78 is 0. The number of hydrogen-bond donors (Lipinski definition) is 1. The Balaban J connectivity index is 1.69. The third kappa shape index (κ3) is 3.13. The van der Waals surface area contributed by atoms with Gasteiger partial charge in [0.15, 0.2) is 0 Å². The highest BCUT2D eigenvalue weighted by Gasteiger charge is 2.24. The molecule has 1 aliphatic heterocycles. The van der Waals surface area contributed by atoms with Crippen molar-refractivity contribution in [2.75, 3.05) is 6.54 Å². The summed E-state index contributed by atoms with van der Waals surface area (Å²) in [6, 6.07) is 31.1. The summed E-state index contributed by atoms with van der Waals surface area (Å²) in [5.74, 6) is 0.413. The van der Waals surface area contributed by atoms with Crippen molar-refractivity contribution in [3.8, 4) is 0 Å². The Bertz CT molecular complexity index is 740. The number of benzene rings is 3. The molecule has 0 radical (unpaired) electrons. The second-order valence-electron chi connectivity index (χ2n) is 6.57. The molecule has 1 heterocycles. The van der Waals surface area contributed by atoms with Crippen LogP contribution in [-0.4, -0.2) is 6.54 Å². The van der Waals surface area contributed by atoms with Gasteiger partial charge in [0.1, 0.15) is 0 Å². The van der Waals surface area contributed by atoms with E-state index in [1.165, 1.54) is 22.3 Å². The number of rotatable bonds is 4. The molecule has 1 atom stereocenters. The van der Waals surface area contributed by atoms with E-state index in [-0.39, 0.29) is 0 Å². The van der Waals surface area contributed by atoms with Crippen LogP contribution in [0.3, 0.4) is 0 Å². The Labute approximate surface area is 144 Å². The monoisotopic (exact) mass is 313 g/mol. The van der Waals surface area contributed by atoms with E-state index in [2.05, 4.69) is 90.2 Å². The average molecular weight is 313 g/mol. The molecule has 0 fully saturated rings. The lowest BCUT2D eigenvalue weighted by Gasteiger charge is -2.30. The highest BCUT2D eigenvalue weighted by atomic mass is 14.9. The van der Waals surface area contributed by atoms with Crippen LogP contribution in [0.5, 0.6) is 0 Å². The normalized spacial score (nSPS) is 16.8. The minimum Gasteiger partial charge on any atom is -0.310 e. The molecule has 120 valence electrons. The molecular weight excluding hydrogens is 290 g/mol. The van der Waals surface area contributed by atoms with Gasteiger partial charge in [-0.05, 0) is 41.6 Å². The fourth-order valence-electron chi connectivity index (χ4n) is 3.87. The molecule has 0 amide bonds. The Morgan fingerprint density at radius 2 is 1.33 bits per heavy atom. The van der Waals surface area contributed by atoms with Gasteiger partial charge in [-0.2, -0.15) is 0 Å². The quantitative estimate of drug-likeness (QED) is 0.707. The summed E-state index contributed by atoms with van der Waals surface area (Å²) in [4.78, 5) is 0. The summed E-state index contributed by atoms with van der Waals surface area (Å²) in [7, 11) is 0. The SMILES string of the molecule is c1ccc(C(CC2NCCc3ccccc32)c2ccccc2)cc1. The van der Waals surface area contributed by atoms with Crippen LogP contribution in [0, 0.1) is 0 Å². The van der Waals surface area contributed by atoms with Gasteiger partial charge in [0, 0.05) is 12.0 Å². The molecular formula is C23H23N. The first kappa shape index (κ1) is 15.2. The maximum Gasteiger partial charge on any atom is 0.0332 e. The first-order valence-corrected chi connectivity index (χ1v) is 8.83. The second kappa shape index (κ2) is 7.02. The lowest BCUT2D eigenvalue weighted by atomic mass is 9.82. The highest BCUT2D eigenvalue weighted by Crippen LogP contribution is 2.36. The molecule has 0 saturated carbocycles. The third-order valence-electron chi connectivity index (χ3n) is 5.09. The van der Waals surface area contributed by atoms with E-state index < -0.39 is 0 Å². The van der Waals surface area contributed by atoms with Crippen LogP contribution in [0.1, 0.15) is 40.6 Å². The Morgan fingerprint density at radius 1 is 0.750 bits per heavy atom. The van der Waals surface area contributed by atoms with Crippen molar-refractivity contribution in [1.29, 1.82) is 0 Å². The van der Waals surface area contributed by atoms with Gasteiger partial charge in [0.05, 0.1) is 0 Å². The zero-order chi connectivity index (χ0) is 16.2. The molecule has 1 nitrogen and oxygen atoms in total. The van der Waals surface area contributed by atoms with Crippen LogP contribution in [0.2, 0.25) is 0 Å². The van der Waals surface area contributed by atoms with E-state index >= 15 is 0 Å². The van der Waals surface area contributed by atoms with Crippen molar-refractivity contribution < 1.29 is 0 Å². The van der Waals surface area contributed by atoms with Crippen molar-refractivity contribution in [2.24, 2.45) is 0 Å². The maximum absolute atomic E-state index is 3.75. The largest absolute Gasteiger partial charge is 0.310 e. The van der Waals surface area contributed by atoms with Crippen molar-refractivity contribution in [1.82, 2.24) is 5.32 Å². The van der Waals surface area contributed by atoms with Gasteiger partial charge in [0.2, 0.25) is 0 Å². The van der Waals surface area contributed by atoms with E-state index in [1.807, 2.05) is 0 Å². The molecule has 1 N–H and O–H groups in total. The molecule has 4 rings (SSSR count). The van der Waals surface area contributed by atoms with Gasteiger partial charge in [0.25, 0.3) is 0 Å². The lowest BCUT2D eigenvalue weighted by Crippen LogP contribution is -2.31. The fraction of sp³-hybridized carbons (Fsp3) is 0.217. The first-order valence-electron chi connectivity index (χ1n) is 8.83. The summed E-state index contributed by atoms with van der Waals surface area (Å²) in [6.45, 7) is 1.07. The van der Waals surface area contributed by atoms with Gasteiger partial charge in [-0.15, -0.1) is 0 Å². The van der Waals surface area contributed by atoms with Crippen molar-refractivity contribution in [3.63, 3.8) is 0 Å². The molecule has 3 aromatic rings. The number of fused-ring (bicyclic) bond motifs is 1. The molecule has 1 heteroatoms. The molecule has 1 unspecified atom stereocenters. The van der Waals surface area contributed by atoms with E-state index in [4.69, 9.17) is 0 Å². The predicted octanol–water partition coefficient (Wildman–Crippen LogP) is 5.10. The summed E-state index contributed by atoms with van der Waals surface area (Å²) >= 11 is 0. The summed E-state index contributed by atoms with van der Waals surface area (Å²) in [6.07, 6.45) is 2.22. The van der Waals surface area contributed by atoms with Crippen molar-refractivity contribution in [3.05, 3.63) is 107 Å². The number of nitrogens with one attached hydrogen (secondary N) is 1. The summed E-state index contributed by atoms with van der Waals surface area (Å²) in [5, 5.41) is 3.75. The van der Waals surface area contributed by atoms with E-state index in [1.54, 1.807) is 0 Å². The standard InChI is InChI=1S/C23H23N/c1-3-9-18(10-4-1)22(19-11-5-2-6-12-19)17-23-21-14-8-7-13-20(21)15-16-24-23/h1-14,22-24H,15-17H2. The van der Waals surface area contributed by atoms with Gasteiger partial charge < -0.3 is 5.32 Å². The Morgan fingerprint density at radius 3 is 2.00 bits per heavy atom. The van der Waals surface area contributed by atoms with Crippen molar-refractivity contribution >= 4 is 0 Å². The zero-order valence-electron chi connectivity index (χ0n) is 13.9. The van der Waals surface area contributed by atoms with Gasteiger partial charge >= 0.3 is 0 Å².